The zero-order valence-electron chi connectivity index (χ0n) is 8.39. The van der Waals surface area contributed by atoms with Gasteiger partial charge < -0.3 is 9.47 Å². The van der Waals surface area contributed by atoms with E-state index in [0.717, 1.165) is 0 Å². The Morgan fingerprint density at radius 3 is 2.75 bits per heavy atom. The fourth-order valence-corrected chi connectivity index (χ4v) is 1.80. The number of rotatable bonds is 3. The molecular weight excluding hydrogens is 234 g/mol. The molecule has 1 saturated heterocycles. The first-order valence-electron chi connectivity index (χ1n) is 4.83. The van der Waals surface area contributed by atoms with Crippen LogP contribution in [0.25, 0.3) is 0 Å². The van der Waals surface area contributed by atoms with Crippen LogP contribution in [0.4, 0.5) is 5.69 Å². The Morgan fingerprint density at radius 1 is 1.44 bits per heavy atom. The third-order valence-electron chi connectivity index (χ3n) is 2.32. The van der Waals surface area contributed by atoms with E-state index < -0.39 is 11.2 Å². The summed E-state index contributed by atoms with van der Waals surface area (Å²) in [7, 11) is 0. The van der Waals surface area contributed by atoms with Crippen molar-refractivity contribution in [3.63, 3.8) is 0 Å². The van der Waals surface area contributed by atoms with E-state index in [0.29, 0.717) is 30.2 Å². The molecule has 0 aromatic heterocycles. The number of ether oxygens (including phenoxy) is 2. The molecule has 1 heterocycles. The van der Waals surface area contributed by atoms with Crippen LogP contribution in [0, 0.1) is 10.1 Å². The van der Waals surface area contributed by atoms with Gasteiger partial charge in [0.25, 0.3) is 5.69 Å². The van der Waals surface area contributed by atoms with Crippen LogP contribution in [-0.2, 0) is 15.9 Å². The Morgan fingerprint density at radius 2 is 2.12 bits per heavy atom. The minimum absolute atomic E-state index is 0.0449. The monoisotopic (exact) mass is 243 g/mol. The van der Waals surface area contributed by atoms with E-state index in [1.807, 2.05) is 0 Å². The van der Waals surface area contributed by atoms with Crippen LogP contribution in [0.5, 0.6) is 0 Å². The topological polar surface area (TPSA) is 61.6 Å². The van der Waals surface area contributed by atoms with E-state index in [2.05, 4.69) is 0 Å². The third kappa shape index (κ3) is 2.49. The molecule has 6 heteroatoms. The third-order valence-corrected chi connectivity index (χ3v) is 2.55. The van der Waals surface area contributed by atoms with E-state index >= 15 is 0 Å². The summed E-state index contributed by atoms with van der Waals surface area (Å²) in [4.78, 5) is 10.4. The fourth-order valence-electron chi connectivity index (χ4n) is 1.60. The van der Waals surface area contributed by atoms with Crippen molar-refractivity contribution in [3.05, 3.63) is 38.9 Å². The number of hydrogen-bond acceptors (Lipinski definition) is 4. The van der Waals surface area contributed by atoms with Gasteiger partial charge in [0.2, 0.25) is 0 Å². The molecule has 1 aromatic carbocycles. The van der Waals surface area contributed by atoms with Gasteiger partial charge >= 0.3 is 0 Å². The predicted molar refractivity (Wildman–Crippen MR) is 57.5 cm³/mol. The molecular formula is C10H10ClNO4. The predicted octanol–water partition coefficient (Wildman–Crippen LogP) is 2.16. The molecule has 1 aliphatic rings. The van der Waals surface area contributed by atoms with Crippen molar-refractivity contribution in [1.29, 1.82) is 0 Å². The first-order chi connectivity index (χ1) is 7.66. The highest BCUT2D eigenvalue weighted by molar-refractivity contribution is 6.30. The Balaban J connectivity index is 2.22. The van der Waals surface area contributed by atoms with E-state index in [9.17, 15) is 10.1 Å². The molecule has 1 fully saturated rings. The number of halogens is 1. The summed E-state index contributed by atoms with van der Waals surface area (Å²) in [6, 6.07) is 4.47. The molecule has 2 rings (SSSR count). The van der Waals surface area contributed by atoms with E-state index in [1.165, 1.54) is 12.1 Å². The second-order valence-corrected chi connectivity index (χ2v) is 3.84. The minimum atomic E-state index is -0.430. The Kier molecular flexibility index (Phi) is 3.38. The SMILES string of the molecule is O=[N+]([O-])c1ccc(Cl)cc1CC1OCCO1. The summed E-state index contributed by atoms with van der Waals surface area (Å²) in [5.41, 5.74) is 0.577. The minimum Gasteiger partial charge on any atom is -0.350 e. The molecule has 16 heavy (non-hydrogen) atoms. The molecule has 1 aromatic rings. The second kappa shape index (κ2) is 4.78. The van der Waals surface area contributed by atoms with Gasteiger partial charge in [-0.2, -0.15) is 0 Å². The normalized spacial score (nSPS) is 16.6. The number of nitrogens with zero attached hydrogens (tertiary/aromatic N) is 1. The lowest BCUT2D eigenvalue weighted by Gasteiger charge is -2.09. The van der Waals surface area contributed by atoms with E-state index in [1.54, 1.807) is 6.07 Å². The van der Waals surface area contributed by atoms with Crippen LogP contribution in [-0.4, -0.2) is 24.4 Å². The van der Waals surface area contributed by atoms with Crippen molar-refractivity contribution in [2.24, 2.45) is 0 Å². The summed E-state index contributed by atoms with van der Waals surface area (Å²) >= 11 is 5.80. The molecule has 86 valence electrons. The molecule has 0 unspecified atom stereocenters. The Hall–Kier alpha value is -1.17. The van der Waals surface area contributed by atoms with Crippen molar-refractivity contribution in [2.45, 2.75) is 12.7 Å². The lowest BCUT2D eigenvalue weighted by molar-refractivity contribution is -0.385. The molecule has 0 amide bonds. The smallest absolute Gasteiger partial charge is 0.272 e. The quantitative estimate of drug-likeness (QED) is 0.603. The molecule has 5 nitrogen and oxygen atoms in total. The number of nitro groups is 1. The fraction of sp³-hybridized carbons (Fsp3) is 0.400. The maximum atomic E-state index is 10.8. The largest absolute Gasteiger partial charge is 0.350 e. The van der Waals surface area contributed by atoms with Crippen molar-refractivity contribution >= 4 is 17.3 Å². The van der Waals surface area contributed by atoms with Gasteiger partial charge in [0.1, 0.15) is 0 Å². The molecule has 0 spiro atoms. The van der Waals surface area contributed by atoms with Gasteiger partial charge in [-0.3, -0.25) is 10.1 Å². The first-order valence-corrected chi connectivity index (χ1v) is 5.20. The summed E-state index contributed by atoms with van der Waals surface area (Å²) in [5.74, 6) is 0. The standard InChI is InChI=1S/C10H10ClNO4/c11-8-1-2-9(12(13)14)7(5-8)6-10-15-3-4-16-10/h1-2,5,10H,3-4,6H2. The Bertz CT molecular complexity index is 404. The lowest BCUT2D eigenvalue weighted by Crippen LogP contribution is -2.12. The molecule has 0 aliphatic carbocycles. The van der Waals surface area contributed by atoms with Gasteiger partial charge in [-0.05, 0) is 12.1 Å². The van der Waals surface area contributed by atoms with Gasteiger partial charge in [-0.25, -0.2) is 0 Å². The molecule has 0 N–H and O–H groups in total. The highest BCUT2D eigenvalue weighted by atomic mass is 35.5. The molecule has 0 bridgehead atoms. The van der Waals surface area contributed by atoms with Crippen molar-refractivity contribution in [1.82, 2.24) is 0 Å². The van der Waals surface area contributed by atoms with Crippen molar-refractivity contribution in [3.8, 4) is 0 Å². The van der Waals surface area contributed by atoms with Crippen molar-refractivity contribution < 1.29 is 14.4 Å². The number of nitro benzene ring substituents is 1. The summed E-state index contributed by atoms with van der Waals surface area (Å²) in [6.45, 7) is 1.05. The zero-order valence-corrected chi connectivity index (χ0v) is 9.14. The van der Waals surface area contributed by atoms with Gasteiger partial charge in [-0.1, -0.05) is 11.6 Å². The van der Waals surface area contributed by atoms with Crippen LogP contribution < -0.4 is 0 Å². The Labute approximate surface area is 97.1 Å². The second-order valence-electron chi connectivity index (χ2n) is 3.41. The summed E-state index contributed by atoms with van der Waals surface area (Å²) < 4.78 is 10.5. The number of hydrogen-bond donors (Lipinski definition) is 0. The van der Waals surface area contributed by atoms with Gasteiger partial charge in [0.15, 0.2) is 6.29 Å². The maximum absolute atomic E-state index is 10.8. The highest BCUT2D eigenvalue weighted by Gasteiger charge is 2.22. The van der Waals surface area contributed by atoms with Crippen LogP contribution in [0.3, 0.4) is 0 Å². The van der Waals surface area contributed by atoms with Crippen LogP contribution in [0.15, 0.2) is 18.2 Å². The summed E-state index contributed by atoms with van der Waals surface area (Å²) in [6.07, 6.45) is -0.0613. The average Bonchev–Trinajstić information content (AvgIpc) is 2.70. The van der Waals surface area contributed by atoms with E-state index in [4.69, 9.17) is 21.1 Å². The van der Waals surface area contributed by atoms with Gasteiger partial charge in [-0.15, -0.1) is 0 Å². The van der Waals surface area contributed by atoms with Crippen LogP contribution in [0.1, 0.15) is 5.56 Å². The number of benzene rings is 1. The summed E-state index contributed by atoms with van der Waals surface area (Å²) in [5, 5.41) is 11.3. The van der Waals surface area contributed by atoms with Crippen molar-refractivity contribution in [2.75, 3.05) is 13.2 Å². The molecule has 0 saturated carbocycles. The average molecular weight is 244 g/mol. The van der Waals surface area contributed by atoms with Gasteiger partial charge in [0.05, 0.1) is 18.1 Å². The highest BCUT2D eigenvalue weighted by Crippen LogP contribution is 2.25. The van der Waals surface area contributed by atoms with Gasteiger partial charge in [0, 0.05) is 23.1 Å². The van der Waals surface area contributed by atoms with E-state index in [-0.39, 0.29) is 5.69 Å². The lowest BCUT2D eigenvalue weighted by atomic mass is 10.1. The van der Waals surface area contributed by atoms with Crippen LogP contribution in [0.2, 0.25) is 5.02 Å². The molecule has 1 aliphatic heterocycles. The maximum Gasteiger partial charge on any atom is 0.272 e. The zero-order chi connectivity index (χ0) is 11.5. The van der Waals surface area contributed by atoms with Crippen LogP contribution >= 0.6 is 11.6 Å². The molecule has 0 atom stereocenters. The molecule has 0 radical (unpaired) electrons. The first kappa shape index (κ1) is 11.3.